The maximum Gasteiger partial charge on any atom is 0.261 e. The Morgan fingerprint density at radius 1 is 1.18 bits per heavy atom. The van der Waals surface area contributed by atoms with Crippen LogP contribution in [0.4, 0.5) is 13.9 Å². The molecule has 0 aliphatic heterocycles. The van der Waals surface area contributed by atoms with Gasteiger partial charge >= 0.3 is 0 Å². The molecule has 2 aromatic carbocycles. The molecule has 0 unspecified atom stereocenters. The van der Waals surface area contributed by atoms with E-state index in [1.807, 2.05) is 19.0 Å². The Morgan fingerprint density at radius 3 is 2.57 bits per heavy atom. The van der Waals surface area contributed by atoms with Crippen molar-refractivity contribution >= 4 is 56.6 Å². The van der Waals surface area contributed by atoms with Gasteiger partial charge in [-0.05, 0) is 57.4 Å². The summed E-state index contributed by atoms with van der Waals surface area (Å²) in [5.41, 5.74) is 0.413. The summed E-state index contributed by atoms with van der Waals surface area (Å²) in [5.74, 6) is -1.34. The highest BCUT2D eigenvalue weighted by Crippen LogP contribution is 2.32. The summed E-state index contributed by atoms with van der Waals surface area (Å²) in [5, 5.41) is 0.421. The fraction of sp³-hybridized carbons (Fsp3) is 0.263. The van der Waals surface area contributed by atoms with E-state index in [1.54, 1.807) is 12.1 Å². The highest BCUT2D eigenvalue weighted by Gasteiger charge is 2.24. The lowest BCUT2D eigenvalue weighted by molar-refractivity contribution is 0.0986. The molecule has 0 aliphatic rings. The van der Waals surface area contributed by atoms with Crippen LogP contribution in [0.3, 0.4) is 0 Å². The van der Waals surface area contributed by atoms with Crippen molar-refractivity contribution in [2.75, 3.05) is 32.1 Å². The highest BCUT2D eigenvalue weighted by atomic mass is 35.5. The summed E-state index contributed by atoms with van der Waals surface area (Å²) in [4.78, 5) is 20.9. The SMILES string of the molecule is CN(C)CCCN(C(=O)c1ccc(F)cc1Cl)c1nc2c(F)cccc2s1.Cl. The zero-order valence-electron chi connectivity index (χ0n) is 15.3. The van der Waals surface area contributed by atoms with Crippen LogP contribution in [0.5, 0.6) is 0 Å². The first kappa shape index (κ1) is 22.5. The number of anilines is 1. The van der Waals surface area contributed by atoms with Gasteiger partial charge in [0.15, 0.2) is 5.13 Å². The van der Waals surface area contributed by atoms with Crippen LogP contribution < -0.4 is 4.90 Å². The van der Waals surface area contributed by atoms with E-state index in [0.29, 0.717) is 22.8 Å². The number of thiazole rings is 1. The molecule has 3 rings (SSSR count). The Kier molecular flexibility index (Phi) is 7.71. The number of amides is 1. The number of carbonyl (C=O) groups is 1. The molecule has 0 N–H and O–H groups in total. The van der Waals surface area contributed by atoms with Crippen LogP contribution in [0.15, 0.2) is 36.4 Å². The van der Waals surface area contributed by atoms with E-state index in [-0.39, 0.29) is 28.5 Å². The van der Waals surface area contributed by atoms with Gasteiger partial charge in [-0.2, -0.15) is 0 Å². The second-order valence-corrected chi connectivity index (χ2v) is 7.74. The number of rotatable bonds is 6. The van der Waals surface area contributed by atoms with Gasteiger partial charge in [-0.25, -0.2) is 13.8 Å². The van der Waals surface area contributed by atoms with Crippen LogP contribution in [-0.2, 0) is 0 Å². The Labute approximate surface area is 177 Å². The number of halogens is 4. The van der Waals surface area contributed by atoms with E-state index in [1.165, 1.54) is 34.4 Å². The van der Waals surface area contributed by atoms with Crippen LogP contribution >= 0.6 is 35.3 Å². The normalized spacial score (nSPS) is 10.9. The fourth-order valence-corrected chi connectivity index (χ4v) is 3.91. The van der Waals surface area contributed by atoms with Gasteiger partial charge in [-0.15, -0.1) is 12.4 Å². The minimum atomic E-state index is -0.516. The predicted octanol–water partition coefficient (Wildman–Crippen LogP) is 5.25. The van der Waals surface area contributed by atoms with Crippen molar-refractivity contribution in [1.82, 2.24) is 9.88 Å². The maximum atomic E-state index is 14.0. The third kappa shape index (κ3) is 4.97. The molecule has 1 heterocycles. The van der Waals surface area contributed by atoms with Crippen molar-refractivity contribution in [3.8, 4) is 0 Å². The Hall–Kier alpha value is -1.80. The molecule has 0 saturated heterocycles. The molecule has 3 aromatic rings. The van der Waals surface area contributed by atoms with E-state index in [0.717, 1.165) is 12.6 Å². The molecule has 1 amide bonds. The van der Waals surface area contributed by atoms with Crippen molar-refractivity contribution in [3.63, 3.8) is 0 Å². The summed E-state index contributed by atoms with van der Waals surface area (Å²) in [6, 6.07) is 8.34. The minimum absolute atomic E-state index is 0. The predicted molar refractivity (Wildman–Crippen MR) is 113 cm³/mol. The second-order valence-electron chi connectivity index (χ2n) is 6.32. The molecule has 0 saturated carbocycles. The van der Waals surface area contributed by atoms with Gasteiger partial charge in [0, 0.05) is 6.54 Å². The number of para-hydroxylation sites is 1. The Bertz CT molecular complexity index is 981. The Morgan fingerprint density at radius 2 is 1.93 bits per heavy atom. The van der Waals surface area contributed by atoms with Crippen molar-refractivity contribution < 1.29 is 13.6 Å². The topological polar surface area (TPSA) is 36.4 Å². The van der Waals surface area contributed by atoms with E-state index in [4.69, 9.17) is 11.6 Å². The number of hydrogen-bond donors (Lipinski definition) is 0. The molecule has 0 radical (unpaired) electrons. The Balaban J connectivity index is 0.00000280. The van der Waals surface area contributed by atoms with E-state index in [9.17, 15) is 13.6 Å². The number of fused-ring (bicyclic) bond motifs is 1. The van der Waals surface area contributed by atoms with Gasteiger partial charge in [0.05, 0.1) is 15.3 Å². The van der Waals surface area contributed by atoms with E-state index < -0.39 is 17.5 Å². The number of nitrogens with zero attached hydrogens (tertiary/aromatic N) is 3. The zero-order valence-corrected chi connectivity index (χ0v) is 17.7. The monoisotopic (exact) mass is 445 g/mol. The van der Waals surface area contributed by atoms with Crippen molar-refractivity contribution in [1.29, 1.82) is 0 Å². The number of carbonyl (C=O) groups excluding carboxylic acids is 1. The summed E-state index contributed by atoms with van der Waals surface area (Å²) >= 11 is 7.31. The van der Waals surface area contributed by atoms with Crippen molar-refractivity contribution in [3.05, 3.63) is 58.6 Å². The quantitative estimate of drug-likeness (QED) is 0.519. The average molecular weight is 446 g/mol. The molecule has 150 valence electrons. The molecule has 4 nitrogen and oxygen atoms in total. The molecule has 0 fully saturated rings. The van der Waals surface area contributed by atoms with Crippen LogP contribution in [0.2, 0.25) is 5.02 Å². The number of aromatic nitrogens is 1. The lowest BCUT2D eigenvalue weighted by Gasteiger charge is -2.21. The summed E-state index contributed by atoms with van der Waals surface area (Å²) in [6.45, 7) is 1.15. The van der Waals surface area contributed by atoms with Crippen molar-refractivity contribution in [2.45, 2.75) is 6.42 Å². The average Bonchev–Trinajstić information content (AvgIpc) is 3.03. The van der Waals surface area contributed by atoms with Gasteiger partial charge in [-0.3, -0.25) is 9.69 Å². The van der Waals surface area contributed by atoms with Gasteiger partial charge in [0.2, 0.25) is 0 Å². The fourth-order valence-electron chi connectivity index (χ4n) is 2.66. The first-order valence-corrected chi connectivity index (χ1v) is 9.53. The van der Waals surface area contributed by atoms with Crippen LogP contribution in [0.1, 0.15) is 16.8 Å². The highest BCUT2D eigenvalue weighted by molar-refractivity contribution is 7.22. The van der Waals surface area contributed by atoms with Crippen LogP contribution in [-0.4, -0.2) is 43.0 Å². The molecule has 1 aromatic heterocycles. The molecule has 28 heavy (non-hydrogen) atoms. The largest absolute Gasteiger partial charge is 0.309 e. The van der Waals surface area contributed by atoms with Gasteiger partial charge < -0.3 is 4.90 Å². The lowest BCUT2D eigenvalue weighted by atomic mass is 10.2. The molecule has 0 atom stereocenters. The molecule has 9 heteroatoms. The van der Waals surface area contributed by atoms with Crippen LogP contribution in [0.25, 0.3) is 10.2 Å². The lowest BCUT2D eigenvalue weighted by Crippen LogP contribution is -2.33. The first-order chi connectivity index (χ1) is 12.9. The number of benzene rings is 2. The first-order valence-electron chi connectivity index (χ1n) is 8.33. The maximum absolute atomic E-state index is 14.0. The van der Waals surface area contributed by atoms with Crippen LogP contribution in [0, 0.1) is 11.6 Å². The summed E-state index contributed by atoms with van der Waals surface area (Å²) < 4.78 is 28.0. The van der Waals surface area contributed by atoms with Gasteiger partial charge in [0.1, 0.15) is 17.2 Å². The number of hydrogen-bond acceptors (Lipinski definition) is 4. The minimum Gasteiger partial charge on any atom is -0.309 e. The molecular weight excluding hydrogens is 427 g/mol. The standard InChI is InChI=1S/C19H18ClF2N3OS.ClH/c1-24(2)9-4-10-25(18(26)13-8-7-12(21)11-14(13)20)19-23-17-15(22)5-3-6-16(17)27-19;/h3,5-8,11H,4,9-10H2,1-2H3;1H. The van der Waals surface area contributed by atoms with E-state index >= 15 is 0 Å². The van der Waals surface area contributed by atoms with Gasteiger partial charge in [0.25, 0.3) is 5.91 Å². The molecular formula is C19H19Cl2F2N3OS. The molecule has 0 aliphatic carbocycles. The third-order valence-corrected chi connectivity index (χ3v) is 5.34. The summed E-state index contributed by atoms with van der Waals surface area (Å²) in [7, 11) is 3.88. The van der Waals surface area contributed by atoms with E-state index in [2.05, 4.69) is 4.98 Å². The molecule has 0 spiro atoms. The van der Waals surface area contributed by atoms with Gasteiger partial charge in [-0.1, -0.05) is 29.0 Å². The zero-order chi connectivity index (χ0) is 19.6. The summed E-state index contributed by atoms with van der Waals surface area (Å²) in [6.07, 6.45) is 0.690. The smallest absolute Gasteiger partial charge is 0.261 e. The molecule has 0 bridgehead atoms. The van der Waals surface area contributed by atoms with Crippen molar-refractivity contribution in [2.24, 2.45) is 0 Å². The second kappa shape index (κ2) is 9.60. The third-order valence-electron chi connectivity index (χ3n) is 3.98.